The molecular weight excluding hydrogens is 732 g/mol. The summed E-state index contributed by atoms with van der Waals surface area (Å²) in [7, 11) is 0. The Morgan fingerprint density at radius 2 is 1.82 bits per heavy atom. The van der Waals surface area contributed by atoms with Crippen LogP contribution in [0.2, 0.25) is 5.02 Å². The van der Waals surface area contributed by atoms with Gasteiger partial charge < -0.3 is 15.5 Å². The fourth-order valence-corrected chi connectivity index (χ4v) is 9.12. The van der Waals surface area contributed by atoms with Crippen molar-refractivity contribution in [3.63, 3.8) is 0 Å². The number of carbonyl (C=O) groups is 3. The monoisotopic (exact) mass is 774 g/mol. The van der Waals surface area contributed by atoms with Gasteiger partial charge in [0, 0.05) is 73.7 Å². The van der Waals surface area contributed by atoms with E-state index in [1.807, 2.05) is 18.2 Å². The molecular formula is C40H43ClN12O3. The Labute approximate surface area is 329 Å². The molecule has 15 nitrogen and oxygen atoms in total. The third kappa shape index (κ3) is 7.44. The molecule has 56 heavy (non-hydrogen) atoms. The summed E-state index contributed by atoms with van der Waals surface area (Å²) in [5.74, 6) is 0.528. The molecule has 288 valence electrons. The molecule has 0 radical (unpaired) electrons. The number of benzene rings is 1. The highest BCUT2D eigenvalue weighted by atomic mass is 35.5. The molecule has 4 aliphatic rings. The Morgan fingerprint density at radius 1 is 1.00 bits per heavy atom. The predicted molar refractivity (Wildman–Crippen MR) is 211 cm³/mol. The highest BCUT2D eigenvalue weighted by molar-refractivity contribution is 6.34. The number of hydrogen-bond donors (Lipinski definition) is 3. The number of likely N-dealkylation sites (tertiary alicyclic amines) is 1. The maximum atomic E-state index is 13.6. The van der Waals surface area contributed by atoms with Gasteiger partial charge >= 0.3 is 6.03 Å². The van der Waals surface area contributed by atoms with Crippen LogP contribution in [0.15, 0.2) is 48.9 Å². The first kappa shape index (κ1) is 37.2. The number of aromatic nitrogens is 4. The number of fused-ring (bicyclic) bond motifs is 2. The molecule has 0 unspecified atom stereocenters. The molecule has 3 aliphatic heterocycles. The Hall–Kier alpha value is -5.77. The van der Waals surface area contributed by atoms with Gasteiger partial charge in [0.15, 0.2) is 11.5 Å². The topological polar surface area (TPSA) is 188 Å². The molecule has 3 atom stereocenters. The molecule has 8 rings (SSSR count). The van der Waals surface area contributed by atoms with Crippen molar-refractivity contribution in [1.29, 1.82) is 10.5 Å². The van der Waals surface area contributed by atoms with Crippen molar-refractivity contribution in [3.8, 4) is 18.0 Å². The van der Waals surface area contributed by atoms with Crippen LogP contribution in [0.4, 0.5) is 21.9 Å². The third-order valence-corrected chi connectivity index (χ3v) is 12.1. The first-order valence-electron chi connectivity index (χ1n) is 19.3. The van der Waals surface area contributed by atoms with E-state index in [9.17, 15) is 24.9 Å². The zero-order valence-electron chi connectivity index (χ0n) is 31.1. The summed E-state index contributed by atoms with van der Waals surface area (Å²) in [6.07, 6.45) is 12.1. The number of nitriles is 2. The van der Waals surface area contributed by atoms with Crippen LogP contribution in [0.3, 0.4) is 0 Å². The van der Waals surface area contributed by atoms with E-state index in [0.717, 1.165) is 70.3 Å². The second-order valence-corrected chi connectivity index (χ2v) is 15.6. The fraction of sp³-hybridized carbons (Fsp3) is 0.450. The SMILES string of the molecule is C[C@H](C#N)Nc1cc(-n2ncc3cc(C#N)cnc32)ncc1C(=O)NC1CCC(CCN2CC[C@H]3[C@@H]2CCN3c2ccc(N3CCC(=O)NC3=O)c(Cl)c2)CC1. The molecule has 4 amide bonds. The van der Waals surface area contributed by atoms with Crippen molar-refractivity contribution in [2.24, 2.45) is 5.92 Å². The minimum Gasteiger partial charge on any atom is -0.369 e. The number of rotatable bonds is 10. The molecule has 3 saturated heterocycles. The van der Waals surface area contributed by atoms with Crippen LogP contribution >= 0.6 is 11.6 Å². The van der Waals surface area contributed by atoms with Crippen molar-refractivity contribution in [1.82, 2.24) is 35.3 Å². The van der Waals surface area contributed by atoms with Gasteiger partial charge in [0.2, 0.25) is 5.91 Å². The average Bonchev–Trinajstić information content (AvgIpc) is 3.93. The van der Waals surface area contributed by atoms with Gasteiger partial charge in [-0.2, -0.15) is 20.3 Å². The highest BCUT2D eigenvalue weighted by Crippen LogP contribution is 2.39. The van der Waals surface area contributed by atoms with Gasteiger partial charge in [0.1, 0.15) is 12.1 Å². The molecule has 0 bridgehead atoms. The molecule has 3 N–H and O–H groups in total. The number of imide groups is 1. The first-order valence-corrected chi connectivity index (χ1v) is 19.7. The molecule has 0 spiro atoms. The van der Waals surface area contributed by atoms with E-state index in [-0.39, 0.29) is 24.3 Å². The van der Waals surface area contributed by atoms with E-state index >= 15 is 0 Å². The standard InChI is InChI=1S/C40H43ClN12O3/c1-24(19-42)47-32-18-36(53-38-27(22-46-53)16-26(20-43)21-45-38)44-23-30(32)39(55)48-28-4-2-25(3-5-28)8-12-50-13-9-35-34(50)10-14-51(35)29-6-7-33(31(41)17-29)52-15-11-37(54)49-40(52)56/h6-7,16-18,21-25,28,34-35H,2-5,8-15H2,1H3,(H,44,47)(H,48,55)(H,49,54,56)/t24-,25?,28?,34+,35+/m1/s1. The molecule has 3 aromatic heterocycles. The Balaban J connectivity index is 0.839. The van der Waals surface area contributed by atoms with Gasteiger partial charge in [0.05, 0.1) is 39.8 Å². The average molecular weight is 775 g/mol. The molecule has 4 aromatic rings. The number of nitrogens with one attached hydrogen (secondary N) is 3. The lowest BCUT2D eigenvalue weighted by atomic mass is 9.84. The minimum atomic E-state index is -0.550. The lowest BCUT2D eigenvalue weighted by Gasteiger charge is -2.32. The zero-order valence-corrected chi connectivity index (χ0v) is 31.9. The van der Waals surface area contributed by atoms with Crippen LogP contribution in [0.1, 0.15) is 74.2 Å². The van der Waals surface area contributed by atoms with Crippen LogP contribution in [0.25, 0.3) is 16.9 Å². The van der Waals surface area contributed by atoms with Crippen molar-refractivity contribution >= 4 is 57.5 Å². The fourth-order valence-electron chi connectivity index (χ4n) is 8.84. The third-order valence-electron chi connectivity index (χ3n) is 11.8. The van der Waals surface area contributed by atoms with E-state index in [1.54, 1.807) is 29.9 Å². The quantitative estimate of drug-likeness (QED) is 0.194. The Morgan fingerprint density at radius 3 is 2.59 bits per heavy atom. The van der Waals surface area contributed by atoms with Gasteiger partial charge in [-0.1, -0.05) is 11.6 Å². The summed E-state index contributed by atoms with van der Waals surface area (Å²) < 4.78 is 1.55. The minimum absolute atomic E-state index is 0.0535. The number of urea groups is 1. The van der Waals surface area contributed by atoms with Gasteiger partial charge in [-0.3, -0.25) is 24.7 Å². The van der Waals surface area contributed by atoms with Crippen molar-refractivity contribution in [3.05, 3.63) is 65.1 Å². The predicted octanol–water partition coefficient (Wildman–Crippen LogP) is 5.14. The van der Waals surface area contributed by atoms with Crippen molar-refractivity contribution < 1.29 is 14.4 Å². The van der Waals surface area contributed by atoms with E-state index in [4.69, 9.17) is 11.6 Å². The highest BCUT2D eigenvalue weighted by Gasteiger charge is 2.42. The number of carbonyl (C=O) groups excluding carboxylic acids is 3. The van der Waals surface area contributed by atoms with Crippen LogP contribution < -0.4 is 25.8 Å². The van der Waals surface area contributed by atoms with Crippen LogP contribution in [-0.2, 0) is 4.79 Å². The largest absolute Gasteiger partial charge is 0.369 e. The first-order chi connectivity index (χ1) is 27.2. The Kier molecular flexibility index (Phi) is 10.5. The van der Waals surface area contributed by atoms with Gasteiger partial charge in [0.25, 0.3) is 5.91 Å². The number of hydrogen-bond acceptors (Lipinski definition) is 11. The molecule has 1 aliphatic carbocycles. The normalized spacial score (nSPS) is 23.0. The molecule has 6 heterocycles. The number of pyridine rings is 2. The summed E-state index contributed by atoms with van der Waals surface area (Å²) in [6, 6.07) is 13.5. The number of amides is 4. The number of anilines is 3. The molecule has 1 aromatic carbocycles. The van der Waals surface area contributed by atoms with Crippen molar-refractivity contribution in [2.45, 2.75) is 82.5 Å². The summed E-state index contributed by atoms with van der Waals surface area (Å²) in [5.41, 5.74) is 3.47. The van der Waals surface area contributed by atoms with E-state index < -0.39 is 12.1 Å². The molecule has 16 heteroatoms. The van der Waals surface area contributed by atoms with Gasteiger partial charge in [-0.25, -0.2) is 14.8 Å². The maximum Gasteiger partial charge on any atom is 0.328 e. The lowest BCUT2D eigenvalue weighted by Crippen LogP contribution is -2.49. The van der Waals surface area contributed by atoms with Crippen LogP contribution in [0, 0.1) is 28.6 Å². The summed E-state index contributed by atoms with van der Waals surface area (Å²) in [4.78, 5) is 53.2. The zero-order chi connectivity index (χ0) is 38.9. The van der Waals surface area contributed by atoms with E-state index in [1.165, 1.54) is 17.3 Å². The van der Waals surface area contributed by atoms with Crippen LogP contribution in [0.5, 0.6) is 0 Å². The maximum absolute atomic E-state index is 13.6. The van der Waals surface area contributed by atoms with Gasteiger partial charge in [-0.05, 0) is 88.6 Å². The number of nitrogens with zero attached hydrogens (tertiary/aromatic N) is 9. The Bertz CT molecular complexity index is 2260. The van der Waals surface area contributed by atoms with Crippen molar-refractivity contribution in [2.75, 3.05) is 41.3 Å². The number of halogens is 1. The van der Waals surface area contributed by atoms with Crippen LogP contribution in [-0.4, -0.2) is 92.8 Å². The second kappa shape index (κ2) is 15.8. The van der Waals surface area contributed by atoms with Gasteiger partial charge in [-0.15, -0.1) is 0 Å². The molecule has 1 saturated carbocycles. The lowest BCUT2D eigenvalue weighted by molar-refractivity contribution is -0.120. The smallest absolute Gasteiger partial charge is 0.328 e. The summed E-state index contributed by atoms with van der Waals surface area (Å²) in [5, 5.41) is 33.1. The van der Waals surface area contributed by atoms with E-state index in [0.29, 0.717) is 68.9 Å². The summed E-state index contributed by atoms with van der Waals surface area (Å²) in [6.45, 7) is 5.12. The molecule has 4 fully saturated rings. The summed E-state index contributed by atoms with van der Waals surface area (Å²) >= 11 is 6.70. The second-order valence-electron chi connectivity index (χ2n) is 15.2. The van der Waals surface area contributed by atoms with E-state index in [2.05, 4.69) is 53.0 Å².